The molecular formula is C52H70O10. The first kappa shape index (κ1) is 51.0. The molecule has 0 aromatic heterocycles. The van der Waals surface area contributed by atoms with Gasteiger partial charge >= 0.3 is 23.9 Å². The lowest BCUT2D eigenvalue weighted by Crippen LogP contribution is -2.15. The standard InChI is InChI=1S/C52H70O10/c1-5-9-13-15-17-19-21-25-37-57-43-33-29-41(30-34-43)51(55)61-47-39-46(60-50(54)28-24-12-8-4)48(40-45(47)59-49(53)27-23-11-7-3)62-52(56)42-31-35-44(36-32-42)58-38-26-22-20-18-16-14-10-6-2/h7-8,29-36,39-40H,3-6,9-28,37-38H2,1-2H3. The van der Waals surface area contributed by atoms with E-state index in [1.54, 1.807) is 60.7 Å². The number of rotatable bonds is 34. The fourth-order valence-corrected chi connectivity index (χ4v) is 6.51. The van der Waals surface area contributed by atoms with E-state index in [0.717, 1.165) is 25.7 Å². The van der Waals surface area contributed by atoms with Crippen LogP contribution in [0.3, 0.4) is 0 Å². The summed E-state index contributed by atoms with van der Waals surface area (Å²) in [6.45, 7) is 13.0. The molecule has 0 saturated heterocycles. The van der Waals surface area contributed by atoms with Gasteiger partial charge in [0, 0.05) is 25.0 Å². The summed E-state index contributed by atoms with van der Waals surface area (Å²) in [7, 11) is 0. The van der Waals surface area contributed by atoms with Crippen molar-refractivity contribution >= 4 is 23.9 Å². The molecule has 0 N–H and O–H groups in total. The zero-order valence-electron chi connectivity index (χ0n) is 37.4. The fourth-order valence-electron chi connectivity index (χ4n) is 6.51. The molecular weight excluding hydrogens is 785 g/mol. The molecule has 0 amide bonds. The van der Waals surface area contributed by atoms with Crippen LogP contribution in [-0.4, -0.2) is 37.1 Å². The summed E-state index contributed by atoms with van der Waals surface area (Å²) >= 11 is 0. The van der Waals surface area contributed by atoms with E-state index in [4.69, 9.17) is 28.4 Å². The second-order valence-corrected chi connectivity index (χ2v) is 15.5. The van der Waals surface area contributed by atoms with E-state index in [-0.39, 0.29) is 47.0 Å². The second kappa shape index (κ2) is 31.5. The van der Waals surface area contributed by atoms with Crippen LogP contribution in [0.15, 0.2) is 86.0 Å². The minimum absolute atomic E-state index is 0.0441. The molecule has 0 bridgehead atoms. The van der Waals surface area contributed by atoms with Gasteiger partial charge in [-0.25, -0.2) is 9.59 Å². The minimum Gasteiger partial charge on any atom is -0.494 e. The molecule has 338 valence electrons. The predicted octanol–water partition coefficient (Wildman–Crippen LogP) is 13.7. The van der Waals surface area contributed by atoms with Gasteiger partial charge in [-0.05, 0) is 87.1 Å². The van der Waals surface area contributed by atoms with Gasteiger partial charge < -0.3 is 28.4 Å². The largest absolute Gasteiger partial charge is 0.494 e. The molecule has 10 nitrogen and oxygen atoms in total. The van der Waals surface area contributed by atoms with Crippen molar-refractivity contribution in [3.8, 4) is 34.5 Å². The fraction of sp³-hybridized carbons (Fsp3) is 0.500. The summed E-state index contributed by atoms with van der Waals surface area (Å²) in [5.74, 6) is -2.34. The Morgan fingerprint density at radius 1 is 0.435 bits per heavy atom. The first-order valence-electron chi connectivity index (χ1n) is 23.0. The molecule has 0 unspecified atom stereocenters. The third-order valence-electron chi connectivity index (χ3n) is 10.2. The van der Waals surface area contributed by atoms with Gasteiger partial charge in [-0.1, -0.05) is 116 Å². The van der Waals surface area contributed by atoms with Crippen molar-refractivity contribution in [1.82, 2.24) is 0 Å². The van der Waals surface area contributed by atoms with Crippen molar-refractivity contribution in [3.05, 3.63) is 97.1 Å². The van der Waals surface area contributed by atoms with Crippen LogP contribution in [0.5, 0.6) is 34.5 Å². The number of esters is 4. The van der Waals surface area contributed by atoms with Gasteiger partial charge in [-0.15, -0.1) is 13.2 Å². The highest BCUT2D eigenvalue weighted by Crippen LogP contribution is 2.41. The monoisotopic (exact) mass is 854 g/mol. The second-order valence-electron chi connectivity index (χ2n) is 15.5. The Hall–Kier alpha value is -5.38. The lowest BCUT2D eigenvalue weighted by atomic mass is 10.1. The van der Waals surface area contributed by atoms with Crippen LogP contribution in [0.25, 0.3) is 0 Å². The molecule has 0 spiro atoms. The third-order valence-corrected chi connectivity index (χ3v) is 10.2. The molecule has 3 rings (SSSR count). The Morgan fingerprint density at radius 2 is 0.758 bits per heavy atom. The highest BCUT2D eigenvalue weighted by atomic mass is 16.6. The van der Waals surface area contributed by atoms with E-state index < -0.39 is 23.9 Å². The maximum Gasteiger partial charge on any atom is 0.343 e. The van der Waals surface area contributed by atoms with Gasteiger partial charge in [0.25, 0.3) is 0 Å². The maximum atomic E-state index is 13.5. The molecule has 62 heavy (non-hydrogen) atoms. The quantitative estimate of drug-likeness (QED) is 0.0248. The highest BCUT2D eigenvalue weighted by Gasteiger charge is 2.24. The summed E-state index contributed by atoms with van der Waals surface area (Å²) in [6.07, 6.45) is 24.8. The van der Waals surface area contributed by atoms with E-state index >= 15 is 0 Å². The van der Waals surface area contributed by atoms with E-state index in [1.165, 1.54) is 89.2 Å². The number of hydrogen-bond acceptors (Lipinski definition) is 10. The molecule has 0 aliphatic carbocycles. The molecule has 0 atom stereocenters. The van der Waals surface area contributed by atoms with Crippen LogP contribution in [-0.2, 0) is 9.59 Å². The van der Waals surface area contributed by atoms with E-state index in [2.05, 4.69) is 27.0 Å². The van der Waals surface area contributed by atoms with Crippen LogP contribution in [0, 0.1) is 0 Å². The van der Waals surface area contributed by atoms with E-state index in [0.29, 0.717) is 50.4 Å². The van der Waals surface area contributed by atoms with Crippen molar-refractivity contribution in [3.63, 3.8) is 0 Å². The maximum absolute atomic E-state index is 13.5. The molecule has 0 fully saturated rings. The zero-order chi connectivity index (χ0) is 44.6. The van der Waals surface area contributed by atoms with Crippen LogP contribution in [0.2, 0.25) is 0 Å². The van der Waals surface area contributed by atoms with E-state index in [1.807, 2.05) is 0 Å². The van der Waals surface area contributed by atoms with Crippen LogP contribution in [0.1, 0.15) is 176 Å². The van der Waals surface area contributed by atoms with Crippen molar-refractivity contribution in [2.75, 3.05) is 13.2 Å². The average molecular weight is 855 g/mol. The van der Waals surface area contributed by atoms with Gasteiger partial charge in [0.15, 0.2) is 23.0 Å². The summed E-state index contributed by atoms with van der Waals surface area (Å²) in [4.78, 5) is 53.0. The Bertz CT molecular complexity index is 1650. The topological polar surface area (TPSA) is 124 Å². The number of benzene rings is 3. The number of unbranched alkanes of at least 4 members (excludes halogenated alkanes) is 16. The van der Waals surface area contributed by atoms with Gasteiger partial charge in [0.2, 0.25) is 0 Å². The van der Waals surface area contributed by atoms with Crippen molar-refractivity contribution in [2.24, 2.45) is 0 Å². The number of hydrogen-bond donors (Lipinski definition) is 0. The van der Waals surface area contributed by atoms with Crippen LogP contribution < -0.4 is 28.4 Å². The minimum atomic E-state index is -0.763. The molecule has 0 heterocycles. The Balaban J connectivity index is 1.76. The molecule has 0 aliphatic rings. The number of ether oxygens (including phenoxy) is 6. The van der Waals surface area contributed by atoms with Crippen molar-refractivity contribution in [2.45, 2.75) is 155 Å². The summed E-state index contributed by atoms with van der Waals surface area (Å²) < 4.78 is 34.7. The molecule has 10 heteroatoms. The van der Waals surface area contributed by atoms with Crippen molar-refractivity contribution < 1.29 is 47.6 Å². The Kier molecular flexibility index (Phi) is 25.9. The van der Waals surface area contributed by atoms with Crippen LogP contribution in [0.4, 0.5) is 0 Å². The van der Waals surface area contributed by atoms with Crippen LogP contribution >= 0.6 is 0 Å². The third kappa shape index (κ3) is 20.9. The summed E-state index contributed by atoms with van der Waals surface area (Å²) in [6, 6.07) is 15.5. The smallest absolute Gasteiger partial charge is 0.343 e. The molecule has 0 saturated carbocycles. The van der Waals surface area contributed by atoms with Gasteiger partial charge in [-0.2, -0.15) is 0 Å². The predicted molar refractivity (Wildman–Crippen MR) is 245 cm³/mol. The summed E-state index contributed by atoms with van der Waals surface area (Å²) in [5, 5.41) is 0. The lowest BCUT2D eigenvalue weighted by molar-refractivity contribution is -0.135. The molecule has 3 aromatic carbocycles. The van der Waals surface area contributed by atoms with Gasteiger partial charge in [0.1, 0.15) is 11.5 Å². The van der Waals surface area contributed by atoms with E-state index in [9.17, 15) is 19.2 Å². The molecule has 0 radical (unpaired) electrons. The zero-order valence-corrected chi connectivity index (χ0v) is 37.4. The molecule has 0 aliphatic heterocycles. The summed E-state index contributed by atoms with van der Waals surface area (Å²) in [5.41, 5.74) is 0.410. The first-order valence-corrected chi connectivity index (χ1v) is 23.0. The normalized spacial score (nSPS) is 10.7. The molecule has 3 aromatic rings. The Morgan fingerprint density at radius 3 is 1.10 bits per heavy atom. The number of allylic oxidation sites excluding steroid dienone is 2. The Labute approximate surface area is 370 Å². The SMILES string of the molecule is C=CCCCC(=O)Oc1cc(OC(=O)c2ccc(OCCCCCCCCCC)cc2)c(OC(=O)CCCC=C)cc1OC(=O)c1ccc(OCCCCCCCCCC)cc1. The highest BCUT2D eigenvalue weighted by molar-refractivity contribution is 5.93. The number of carbonyl (C=O) groups is 4. The first-order chi connectivity index (χ1) is 30.3. The number of carbonyl (C=O) groups excluding carboxylic acids is 4. The average Bonchev–Trinajstić information content (AvgIpc) is 3.27. The lowest BCUT2D eigenvalue weighted by Gasteiger charge is -2.16. The van der Waals surface area contributed by atoms with Gasteiger partial charge in [0.05, 0.1) is 24.3 Å². The van der Waals surface area contributed by atoms with Gasteiger partial charge in [-0.3, -0.25) is 9.59 Å². The van der Waals surface area contributed by atoms with Crippen molar-refractivity contribution in [1.29, 1.82) is 0 Å².